The number of aryl methyl sites for hydroxylation is 1. The van der Waals surface area contributed by atoms with E-state index in [-0.39, 0.29) is 29.8 Å². The number of ether oxygens (including phenoxy) is 1. The lowest BCUT2D eigenvalue weighted by Gasteiger charge is -2.30. The van der Waals surface area contributed by atoms with Crippen molar-refractivity contribution in [1.29, 1.82) is 0 Å². The van der Waals surface area contributed by atoms with Crippen LogP contribution in [0.3, 0.4) is 0 Å². The second-order valence-corrected chi connectivity index (χ2v) is 9.75. The Kier molecular flexibility index (Phi) is 8.71. The summed E-state index contributed by atoms with van der Waals surface area (Å²) in [6.07, 6.45) is 6.77. The number of rotatable bonds is 9. The average molecular weight is 499 g/mol. The topological polar surface area (TPSA) is 9.23 Å². The molecule has 0 aromatic heterocycles. The predicted molar refractivity (Wildman–Crippen MR) is 136 cm³/mol. The monoisotopic (exact) mass is 498 g/mol. The van der Waals surface area contributed by atoms with Crippen LogP contribution < -0.4 is 4.74 Å². The van der Waals surface area contributed by atoms with Gasteiger partial charge in [0.2, 0.25) is 5.82 Å². The molecule has 3 aromatic rings. The molecule has 0 spiro atoms. The fraction of sp³-hybridized carbons (Fsp3) is 0.419. The molecule has 0 N–H and O–H groups in total. The minimum Gasteiger partial charge on any atom is -0.491 e. The molecule has 0 amide bonds. The third kappa shape index (κ3) is 5.61. The molecule has 0 heterocycles. The molecule has 5 heteroatoms. The Hall–Kier alpha value is -2.82. The fourth-order valence-electron chi connectivity index (χ4n) is 5.38. The second kappa shape index (κ2) is 11.9. The summed E-state index contributed by atoms with van der Waals surface area (Å²) in [5, 5.41) is 0. The molecule has 192 valence electrons. The zero-order chi connectivity index (χ0) is 25.7. The maximum absolute atomic E-state index is 15.2. The third-order valence-corrected chi connectivity index (χ3v) is 7.43. The van der Waals surface area contributed by atoms with Crippen LogP contribution in [0.4, 0.5) is 17.6 Å². The first kappa shape index (κ1) is 26.2. The number of hydrogen-bond donors (Lipinski definition) is 0. The average Bonchev–Trinajstić information content (AvgIpc) is 2.90. The lowest BCUT2D eigenvalue weighted by molar-refractivity contribution is 0.310. The highest BCUT2D eigenvalue weighted by molar-refractivity contribution is 5.65. The van der Waals surface area contributed by atoms with E-state index < -0.39 is 23.3 Å². The minimum atomic E-state index is -0.964. The summed E-state index contributed by atoms with van der Waals surface area (Å²) in [4.78, 5) is 0. The Morgan fingerprint density at radius 3 is 1.83 bits per heavy atom. The van der Waals surface area contributed by atoms with E-state index in [1.54, 1.807) is 25.1 Å². The van der Waals surface area contributed by atoms with Gasteiger partial charge in [0.1, 0.15) is 0 Å². The Morgan fingerprint density at radius 1 is 0.667 bits per heavy atom. The van der Waals surface area contributed by atoms with Crippen molar-refractivity contribution in [3.05, 3.63) is 88.5 Å². The van der Waals surface area contributed by atoms with Crippen LogP contribution in [0.2, 0.25) is 0 Å². The molecule has 1 aliphatic carbocycles. The van der Waals surface area contributed by atoms with Gasteiger partial charge in [0.15, 0.2) is 23.2 Å². The van der Waals surface area contributed by atoms with E-state index in [0.29, 0.717) is 42.4 Å². The Morgan fingerprint density at radius 2 is 1.25 bits per heavy atom. The van der Waals surface area contributed by atoms with Crippen LogP contribution in [-0.2, 0) is 6.42 Å². The Balaban J connectivity index is 1.45. The van der Waals surface area contributed by atoms with E-state index in [4.69, 9.17) is 4.74 Å². The largest absolute Gasteiger partial charge is 0.491 e. The van der Waals surface area contributed by atoms with Crippen LogP contribution in [0.1, 0.15) is 87.3 Å². The first-order valence-corrected chi connectivity index (χ1v) is 13.1. The van der Waals surface area contributed by atoms with Gasteiger partial charge < -0.3 is 4.74 Å². The summed E-state index contributed by atoms with van der Waals surface area (Å²) in [5.74, 6) is -3.86. The molecule has 0 unspecified atom stereocenters. The number of halogens is 4. The van der Waals surface area contributed by atoms with Gasteiger partial charge in [-0.25, -0.2) is 13.2 Å². The van der Waals surface area contributed by atoms with Crippen molar-refractivity contribution in [2.24, 2.45) is 0 Å². The molecule has 0 atom stereocenters. The van der Waals surface area contributed by atoms with Crippen LogP contribution in [0.5, 0.6) is 5.75 Å². The van der Waals surface area contributed by atoms with Crippen molar-refractivity contribution < 1.29 is 22.3 Å². The summed E-state index contributed by atoms with van der Waals surface area (Å²) in [5.41, 5.74) is 2.81. The Labute approximate surface area is 211 Å². The van der Waals surface area contributed by atoms with Gasteiger partial charge in [0.05, 0.1) is 6.61 Å². The first-order valence-electron chi connectivity index (χ1n) is 13.1. The summed E-state index contributed by atoms with van der Waals surface area (Å²) >= 11 is 0. The van der Waals surface area contributed by atoms with E-state index in [9.17, 15) is 8.78 Å². The molecule has 4 rings (SSSR count). The van der Waals surface area contributed by atoms with Crippen LogP contribution in [0, 0.1) is 23.3 Å². The first-order chi connectivity index (χ1) is 17.4. The molecule has 1 saturated carbocycles. The van der Waals surface area contributed by atoms with Gasteiger partial charge in [-0.05, 0) is 85.6 Å². The van der Waals surface area contributed by atoms with Gasteiger partial charge in [-0.3, -0.25) is 0 Å². The molecule has 36 heavy (non-hydrogen) atoms. The van der Waals surface area contributed by atoms with E-state index in [2.05, 4.69) is 6.92 Å². The minimum absolute atomic E-state index is 0.0868. The summed E-state index contributed by atoms with van der Waals surface area (Å²) in [6.45, 7) is 4.14. The predicted octanol–water partition coefficient (Wildman–Crippen LogP) is 9.48. The fourth-order valence-corrected chi connectivity index (χ4v) is 5.38. The number of benzene rings is 3. The van der Waals surface area contributed by atoms with Gasteiger partial charge in [0.25, 0.3) is 0 Å². The molecule has 0 aliphatic heterocycles. The standard InChI is InChI=1S/C31H34F4O/c1-3-5-6-7-20-8-10-21(11-9-20)24-16-17-25(29(33)28(24)32)22-12-14-23(15-13-22)26-18-19-27(36-4-2)31(35)30(26)34/h8-11,16-19,22-23H,3-7,12-15H2,1-2H3. The molecule has 0 saturated heterocycles. The maximum atomic E-state index is 15.2. The molecule has 1 aliphatic rings. The zero-order valence-electron chi connectivity index (χ0n) is 21.1. The van der Waals surface area contributed by atoms with E-state index in [1.807, 2.05) is 24.3 Å². The SMILES string of the molecule is CCCCCc1ccc(-c2ccc(C3CCC(c4ccc(OCC)c(F)c4F)CC3)c(F)c2F)cc1. The van der Waals surface area contributed by atoms with Crippen LogP contribution >= 0.6 is 0 Å². The van der Waals surface area contributed by atoms with Gasteiger partial charge in [-0.2, -0.15) is 4.39 Å². The summed E-state index contributed by atoms with van der Waals surface area (Å²) in [6, 6.07) is 14.1. The second-order valence-electron chi connectivity index (χ2n) is 9.75. The van der Waals surface area contributed by atoms with Gasteiger partial charge in [0, 0.05) is 5.56 Å². The molecular weight excluding hydrogens is 464 g/mol. The Bertz CT molecular complexity index is 1160. The molecule has 1 fully saturated rings. The number of unbranched alkanes of at least 4 members (excludes halogenated alkanes) is 2. The third-order valence-electron chi connectivity index (χ3n) is 7.43. The molecule has 0 radical (unpaired) electrons. The van der Waals surface area contributed by atoms with Crippen LogP contribution in [-0.4, -0.2) is 6.61 Å². The molecular formula is C31H34F4O. The molecule has 1 nitrogen and oxygen atoms in total. The van der Waals surface area contributed by atoms with Crippen molar-refractivity contribution in [2.75, 3.05) is 6.61 Å². The summed E-state index contributed by atoms with van der Waals surface area (Å²) in [7, 11) is 0. The number of hydrogen-bond acceptors (Lipinski definition) is 1. The molecule has 0 bridgehead atoms. The van der Waals surface area contributed by atoms with Gasteiger partial charge in [-0.15, -0.1) is 0 Å². The van der Waals surface area contributed by atoms with Crippen molar-refractivity contribution in [3.63, 3.8) is 0 Å². The normalized spacial score (nSPS) is 17.8. The smallest absolute Gasteiger partial charge is 0.200 e. The highest BCUT2D eigenvalue weighted by Crippen LogP contribution is 2.43. The van der Waals surface area contributed by atoms with Crippen molar-refractivity contribution >= 4 is 0 Å². The van der Waals surface area contributed by atoms with Gasteiger partial charge in [-0.1, -0.05) is 62.2 Å². The summed E-state index contributed by atoms with van der Waals surface area (Å²) < 4.78 is 64.4. The van der Waals surface area contributed by atoms with Crippen LogP contribution in [0.15, 0.2) is 48.5 Å². The lowest BCUT2D eigenvalue weighted by Crippen LogP contribution is -2.15. The highest BCUT2D eigenvalue weighted by atomic mass is 19.2. The maximum Gasteiger partial charge on any atom is 0.200 e. The van der Waals surface area contributed by atoms with Crippen molar-refractivity contribution in [3.8, 4) is 16.9 Å². The van der Waals surface area contributed by atoms with Crippen molar-refractivity contribution in [2.45, 2.75) is 77.0 Å². The van der Waals surface area contributed by atoms with E-state index in [1.165, 1.54) is 18.1 Å². The van der Waals surface area contributed by atoms with Gasteiger partial charge >= 0.3 is 0 Å². The zero-order valence-corrected chi connectivity index (χ0v) is 21.1. The lowest BCUT2D eigenvalue weighted by atomic mass is 9.75. The van der Waals surface area contributed by atoms with E-state index >= 15 is 8.78 Å². The van der Waals surface area contributed by atoms with Crippen molar-refractivity contribution in [1.82, 2.24) is 0 Å². The van der Waals surface area contributed by atoms with E-state index in [0.717, 1.165) is 19.3 Å². The molecule has 3 aromatic carbocycles. The van der Waals surface area contributed by atoms with Crippen LogP contribution in [0.25, 0.3) is 11.1 Å². The highest BCUT2D eigenvalue weighted by Gasteiger charge is 2.29. The quantitative estimate of drug-likeness (QED) is 0.211.